The molecule has 0 aliphatic heterocycles. The second kappa shape index (κ2) is 8.28. The van der Waals surface area contributed by atoms with Crippen LogP contribution in [0.2, 0.25) is 0 Å². The molecule has 0 aromatic carbocycles. The van der Waals surface area contributed by atoms with Gasteiger partial charge >= 0.3 is 0 Å². The number of nitrogens with zero attached hydrogens (tertiary/aromatic N) is 2. The third-order valence-corrected chi connectivity index (χ3v) is 3.26. The third-order valence-electron chi connectivity index (χ3n) is 3.26. The predicted molar refractivity (Wildman–Crippen MR) is 82.1 cm³/mol. The molecule has 1 aromatic rings. The summed E-state index contributed by atoms with van der Waals surface area (Å²) in [6, 6.07) is 4.19. The molecule has 0 bridgehead atoms. The normalized spacial score (nSPS) is 12.1. The topological polar surface area (TPSA) is 28.2 Å². The van der Waals surface area contributed by atoms with Gasteiger partial charge in [0, 0.05) is 32.0 Å². The number of likely N-dealkylation sites (N-methyl/N-ethyl adjacent to an activating group) is 1. The van der Waals surface area contributed by atoms with Gasteiger partial charge in [-0.05, 0) is 42.6 Å². The molecule has 0 unspecified atom stereocenters. The Kier molecular flexibility index (Phi) is 7.03. The van der Waals surface area contributed by atoms with Gasteiger partial charge in [0.2, 0.25) is 0 Å². The molecule has 1 heterocycles. The van der Waals surface area contributed by atoms with E-state index in [1.165, 1.54) is 12.0 Å². The lowest BCUT2D eigenvalue weighted by Crippen LogP contribution is -2.32. The lowest BCUT2D eigenvalue weighted by Gasteiger charge is -2.22. The highest BCUT2D eigenvalue weighted by molar-refractivity contribution is 5.09. The van der Waals surface area contributed by atoms with Crippen molar-refractivity contribution in [1.82, 2.24) is 15.2 Å². The second-order valence-electron chi connectivity index (χ2n) is 6.28. The molecule has 3 nitrogen and oxygen atoms in total. The fraction of sp³-hybridized carbons (Fsp3) is 0.688. The Bertz CT molecular complexity index is 330. The quantitative estimate of drug-likeness (QED) is 0.731. The van der Waals surface area contributed by atoms with Crippen molar-refractivity contribution in [2.75, 3.05) is 26.2 Å². The summed E-state index contributed by atoms with van der Waals surface area (Å²) in [4.78, 5) is 6.51. The molecule has 108 valence electrons. The summed E-state index contributed by atoms with van der Waals surface area (Å²) in [6.45, 7) is 14.5. The molecular weight excluding hydrogens is 234 g/mol. The smallest absolute Gasteiger partial charge is 0.0271 e. The van der Waals surface area contributed by atoms with Gasteiger partial charge in [0.05, 0.1) is 0 Å². The molecule has 1 rings (SSSR count). The Morgan fingerprint density at radius 3 is 2.42 bits per heavy atom. The molecule has 0 aliphatic rings. The van der Waals surface area contributed by atoms with Crippen LogP contribution in [-0.2, 0) is 6.54 Å². The van der Waals surface area contributed by atoms with E-state index >= 15 is 0 Å². The Morgan fingerprint density at radius 1 is 1.16 bits per heavy atom. The van der Waals surface area contributed by atoms with E-state index in [1.54, 1.807) is 0 Å². The Labute approximate surface area is 118 Å². The van der Waals surface area contributed by atoms with Crippen molar-refractivity contribution < 1.29 is 0 Å². The van der Waals surface area contributed by atoms with Crippen molar-refractivity contribution >= 4 is 0 Å². The highest BCUT2D eigenvalue weighted by Crippen LogP contribution is 2.16. The van der Waals surface area contributed by atoms with Gasteiger partial charge in [-0.15, -0.1) is 0 Å². The molecular formula is C16H29N3. The first-order valence-corrected chi connectivity index (χ1v) is 7.33. The molecule has 1 N–H and O–H groups in total. The van der Waals surface area contributed by atoms with Crippen LogP contribution in [0.25, 0.3) is 0 Å². The van der Waals surface area contributed by atoms with Gasteiger partial charge in [-0.3, -0.25) is 9.88 Å². The van der Waals surface area contributed by atoms with Crippen LogP contribution in [0.3, 0.4) is 0 Å². The van der Waals surface area contributed by atoms with Gasteiger partial charge < -0.3 is 5.32 Å². The zero-order valence-electron chi connectivity index (χ0n) is 12.9. The van der Waals surface area contributed by atoms with Crippen molar-refractivity contribution in [3.8, 4) is 0 Å². The Hall–Kier alpha value is -0.930. The van der Waals surface area contributed by atoms with Crippen molar-refractivity contribution in [1.29, 1.82) is 0 Å². The molecule has 0 saturated heterocycles. The van der Waals surface area contributed by atoms with E-state index in [9.17, 15) is 0 Å². The largest absolute Gasteiger partial charge is 0.315 e. The summed E-state index contributed by atoms with van der Waals surface area (Å²) in [5, 5.41) is 3.54. The Morgan fingerprint density at radius 2 is 1.84 bits per heavy atom. The van der Waals surface area contributed by atoms with Crippen LogP contribution in [0.1, 0.15) is 39.7 Å². The zero-order valence-corrected chi connectivity index (χ0v) is 12.9. The summed E-state index contributed by atoms with van der Waals surface area (Å²) in [7, 11) is 0. The summed E-state index contributed by atoms with van der Waals surface area (Å²) in [6.07, 6.45) is 4.96. The minimum absolute atomic E-state index is 0.425. The molecule has 0 fully saturated rings. The zero-order chi connectivity index (χ0) is 14.1. The molecule has 0 radical (unpaired) electrons. The molecule has 0 spiro atoms. The average molecular weight is 263 g/mol. The van der Waals surface area contributed by atoms with Crippen LogP contribution in [0, 0.1) is 5.41 Å². The fourth-order valence-electron chi connectivity index (χ4n) is 1.92. The van der Waals surface area contributed by atoms with E-state index in [0.29, 0.717) is 5.41 Å². The lowest BCUT2D eigenvalue weighted by atomic mass is 9.92. The highest BCUT2D eigenvalue weighted by atomic mass is 15.1. The maximum atomic E-state index is 4.06. The van der Waals surface area contributed by atoms with Crippen LogP contribution < -0.4 is 5.32 Å². The van der Waals surface area contributed by atoms with E-state index in [-0.39, 0.29) is 0 Å². The SMILES string of the molecule is CCN(CCNCCC(C)(C)C)Cc1ccncc1. The molecule has 0 aliphatic carbocycles. The Balaban J connectivity index is 2.19. The van der Waals surface area contributed by atoms with Crippen molar-refractivity contribution in [2.45, 2.75) is 40.7 Å². The molecule has 0 amide bonds. The summed E-state index contributed by atoms with van der Waals surface area (Å²) in [5.74, 6) is 0. The maximum absolute atomic E-state index is 4.06. The number of hydrogen-bond acceptors (Lipinski definition) is 3. The second-order valence-corrected chi connectivity index (χ2v) is 6.28. The maximum Gasteiger partial charge on any atom is 0.0271 e. The van der Waals surface area contributed by atoms with Gasteiger partial charge in [-0.2, -0.15) is 0 Å². The molecule has 19 heavy (non-hydrogen) atoms. The minimum Gasteiger partial charge on any atom is -0.315 e. The van der Waals surface area contributed by atoms with E-state index in [0.717, 1.165) is 32.7 Å². The van der Waals surface area contributed by atoms with Gasteiger partial charge in [-0.25, -0.2) is 0 Å². The van der Waals surface area contributed by atoms with E-state index in [4.69, 9.17) is 0 Å². The summed E-state index contributed by atoms with van der Waals surface area (Å²) < 4.78 is 0. The lowest BCUT2D eigenvalue weighted by molar-refractivity contribution is 0.275. The number of aromatic nitrogens is 1. The molecule has 3 heteroatoms. The van der Waals surface area contributed by atoms with Crippen molar-refractivity contribution in [3.05, 3.63) is 30.1 Å². The average Bonchev–Trinajstić information content (AvgIpc) is 2.37. The van der Waals surface area contributed by atoms with Gasteiger partial charge in [0.1, 0.15) is 0 Å². The first-order chi connectivity index (χ1) is 9.01. The van der Waals surface area contributed by atoms with Gasteiger partial charge in [-0.1, -0.05) is 27.7 Å². The predicted octanol–water partition coefficient (Wildman–Crippen LogP) is 2.93. The van der Waals surface area contributed by atoms with E-state index in [1.807, 2.05) is 12.4 Å². The molecule has 0 saturated carbocycles. The number of nitrogens with one attached hydrogen (secondary N) is 1. The number of rotatable bonds is 8. The first-order valence-electron chi connectivity index (χ1n) is 7.33. The van der Waals surface area contributed by atoms with Crippen molar-refractivity contribution in [2.24, 2.45) is 5.41 Å². The van der Waals surface area contributed by atoms with Crippen LogP contribution >= 0.6 is 0 Å². The molecule has 0 atom stereocenters. The third kappa shape index (κ3) is 7.96. The van der Waals surface area contributed by atoms with Crippen LogP contribution in [-0.4, -0.2) is 36.1 Å². The summed E-state index contributed by atoms with van der Waals surface area (Å²) in [5.41, 5.74) is 1.76. The summed E-state index contributed by atoms with van der Waals surface area (Å²) >= 11 is 0. The van der Waals surface area contributed by atoms with Crippen molar-refractivity contribution in [3.63, 3.8) is 0 Å². The van der Waals surface area contributed by atoms with Crippen LogP contribution in [0.4, 0.5) is 0 Å². The minimum atomic E-state index is 0.425. The standard InChI is InChI=1S/C16H29N3/c1-5-19(14-15-6-9-17-10-7-15)13-12-18-11-8-16(2,3)4/h6-7,9-10,18H,5,8,11-14H2,1-4H3. The van der Waals surface area contributed by atoms with E-state index < -0.39 is 0 Å². The van der Waals surface area contributed by atoms with Gasteiger partial charge in [0.15, 0.2) is 0 Å². The van der Waals surface area contributed by atoms with Crippen LogP contribution in [0.5, 0.6) is 0 Å². The molecule has 1 aromatic heterocycles. The number of hydrogen-bond donors (Lipinski definition) is 1. The monoisotopic (exact) mass is 263 g/mol. The fourth-order valence-corrected chi connectivity index (χ4v) is 1.92. The van der Waals surface area contributed by atoms with E-state index in [2.05, 4.69) is 55.0 Å². The van der Waals surface area contributed by atoms with Gasteiger partial charge in [0.25, 0.3) is 0 Å². The number of pyridine rings is 1. The van der Waals surface area contributed by atoms with Crippen LogP contribution in [0.15, 0.2) is 24.5 Å². The highest BCUT2D eigenvalue weighted by Gasteiger charge is 2.09. The first kappa shape index (κ1) is 16.1.